The summed E-state index contributed by atoms with van der Waals surface area (Å²) in [5.41, 5.74) is 0.928. The molecule has 5 heteroatoms. The first-order chi connectivity index (χ1) is 8.24. The van der Waals surface area contributed by atoms with Crippen LogP contribution in [0.15, 0.2) is 41.1 Å². The van der Waals surface area contributed by atoms with E-state index in [0.717, 1.165) is 23.1 Å². The van der Waals surface area contributed by atoms with Gasteiger partial charge in [-0.15, -0.1) is 0 Å². The summed E-state index contributed by atoms with van der Waals surface area (Å²) in [6.07, 6.45) is 3.67. The molecule has 1 aromatic heterocycles. The summed E-state index contributed by atoms with van der Waals surface area (Å²) in [6.45, 7) is 2.26. The third kappa shape index (κ3) is 3.94. The molecule has 0 aliphatic carbocycles. The Morgan fingerprint density at radius 3 is 2.94 bits per heavy atom. The molecule has 0 aliphatic rings. The second-order valence-corrected chi connectivity index (χ2v) is 4.64. The number of benzene rings is 1. The van der Waals surface area contributed by atoms with Crippen LogP contribution in [0.5, 0.6) is 0 Å². The van der Waals surface area contributed by atoms with Gasteiger partial charge in [-0.1, -0.05) is 15.9 Å². The molecule has 0 saturated carbocycles. The summed E-state index contributed by atoms with van der Waals surface area (Å²) in [6, 6.07) is 6.78. The van der Waals surface area contributed by atoms with Crippen LogP contribution in [-0.2, 0) is 13.1 Å². The number of nitrogens with zero attached hydrogens (tertiary/aromatic N) is 2. The van der Waals surface area contributed by atoms with E-state index in [1.165, 1.54) is 12.1 Å². The van der Waals surface area contributed by atoms with Crippen LogP contribution in [0.1, 0.15) is 5.56 Å². The van der Waals surface area contributed by atoms with Gasteiger partial charge in [-0.05, 0) is 29.8 Å². The maximum absolute atomic E-state index is 13.1. The number of nitrogens with one attached hydrogen (secondary N) is 1. The molecule has 1 aromatic carbocycles. The van der Waals surface area contributed by atoms with Crippen molar-refractivity contribution in [3.8, 4) is 0 Å². The van der Waals surface area contributed by atoms with Crippen LogP contribution >= 0.6 is 15.9 Å². The highest BCUT2D eigenvalue weighted by molar-refractivity contribution is 9.10. The van der Waals surface area contributed by atoms with E-state index in [9.17, 15) is 4.39 Å². The molecule has 0 radical (unpaired) electrons. The van der Waals surface area contributed by atoms with Crippen molar-refractivity contribution in [1.29, 1.82) is 0 Å². The highest BCUT2D eigenvalue weighted by atomic mass is 79.9. The topological polar surface area (TPSA) is 29.9 Å². The molecule has 90 valence electrons. The van der Waals surface area contributed by atoms with Crippen molar-refractivity contribution in [2.24, 2.45) is 0 Å². The lowest BCUT2D eigenvalue weighted by molar-refractivity contribution is 0.553. The predicted octanol–water partition coefficient (Wildman–Crippen LogP) is 2.57. The van der Waals surface area contributed by atoms with Crippen molar-refractivity contribution in [3.63, 3.8) is 0 Å². The third-order valence-electron chi connectivity index (χ3n) is 2.33. The second-order valence-electron chi connectivity index (χ2n) is 3.72. The Kier molecular flexibility index (Phi) is 4.28. The maximum atomic E-state index is 13.1. The number of halogens is 2. The first kappa shape index (κ1) is 12.3. The molecule has 0 amide bonds. The molecule has 0 fully saturated rings. The van der Waals surface area contributed by atoms with E-state index < -0.39 is 0 Å². The normalized spacial score (nSPS) is 10.7. The van der Waals surface area contributed by atoms with E-state index in [4.69, 9.17) is 0 Å². The van der Waals surface area contributed by atoms with Crippen LogP contribution in [0.3, 0.4) is 0 Å². The lowest BCUT2D eigenvalue weighted by Crippen LogP contribution is -2.19. The Labute approximate surface area is 108 Å². The lowest BCUT2D eigenvalue weighted by Gasteiger charge is -2.06. The van der Waals surface area contributed by atoms with Crippen LogP contribution < -0.4 is 5.32 Å². The zero-order valence-electron chi connectivity index (χ0n) is 9.24. The van der Waals surface area contributed by atoms with Gasteiger partial charge in [0.15, 0.2) is 0 Å². The van der Waals surface area contributed by atoms with Crippen LogP contribution in [0.2, 0.25) is 0 Å². The molecule has 0 unspecified atom stereocenters. The van der Waals surface area contributed by atoms with Gasteiger partial charge in [0.2, 0.25) is 0 Å². The van der Waals surface area contributed by atoms with Crippen molar-refractivity contribution >= 4 is 15.9 Å². The van der Waals surface area contributed by atoms with E-state index in [-0.39, 0.29) is 5.82 Å². The smallest absolute Gasteiger partial charge is 0.124 e. The number of rotatable bonds is 5. The highest BCUT2D eigenvalue weighted by Crippen LogP contribution is 2.14. The fraction of sp³-hybridized carbons (Fsp3) is 0.250. The number of aromatic nitrogens is 2. The minimum Gasteiger partial charge on any atom is -0.311 e. The van der Waals surface area contributed by atoms with E-state index in [1.54, 1.807) is 6.20 Å². The fourth-order valence-electron chi connectivity index (χ4n) is 1.57. The summed E-state index contributed by atoms with van der Waals surface area (Å²) in [5.74, 6) is -0.219. The van der Waals surface area contributed by atoms with Gasteiger partial charge in [0.05, 0.1) is 6.54 Å². The monoisotopic (exact) mass is 297 g/mol. The SMILES string of the molecule is Fc1cc(Br)cc(CNCCn2cccn2)c1. The maximum Gasteiger partial charge on any atom is 0.124 e. The zero-order valence-corrected chi connectivity index (χ0v) is 10.8. The first-order valence-corrected chi connectivity index (χ1v) is 6.16. The van der Waals surface area contributed by atoms with Crippen molar-refractivity contribution in [2.45, 2.75) is 13.1 Å². The van der Waals surface area contributed by atoms with E-state index >= 15 is 0 Å². The Morgan fingerprint density at radius 1 is 1.35 bits per heavy atom. The quantitative estimate of drug-likeness (QED) is 0.860. The molecule has 2 rings (SSSR count). The molecule has 1 N–H and O–H groups in total. The zero-order chi connectivity index (χ0) is 12.1. The Morgan fingerprint density at radius 2 is 2.24 bits per heavy atom. The second kappa shape index (κ2) is 5.93. The molecule has 0 aliphatic heterocycles. The van der Waals surface area contributed by atoms with Gasteiger partial charge in [-0.2, -0.15) is 5.10 Å². The van der Waals surface area contributed by atoms with Gasteiger partial charge < -0.3 is 5.32 Å². The summed E-state index contributed by atoms with van der Waals surface area (Å²) >= 11 is 3.27. The summed E-state index contributed by atoms with van der Waals surface area (Å²) < 4.78 is 15.7. The first-order valence-electron chi connectivity index (χ1n) is 5.37. The van der Waals surface area contributed by atoms with Crippen molar-refractivity contribution in [1.82, 2.24) is 15.1 Å². The Bertz CT molecular complexity index is 450. The van der Waals surface area contributed by atoms with E-state index in [2.05, 4.69) is 26.3 Å². The summed E-state index contributed by atoms with van der Waals surface area (Å²) in [7, 11) is 0. The minimum atomic E-state index is -0.219. The van der Waals surface area contributed by atoms with E-state index in [0.29, 0.717) is 6.54 Å². The Hall–Kier alpha value is -1.20. The molecular formula is C12H13BrFN3. The predicted molar refractivity (Wildman–Crippen MR) is 68.0 cm³/mol. The molecule has 0 spiro atoms. The van der Waals surface area contributed by atoms with Crippen molar-refractivity contribution in [2.75, 3.05) is 6.54 Å². The molecule has 17 heavy (non-hydrogen) atoms. The molecule has 3 nitrogen and oxygen atoms in total. The molecule has 1 heterocycles. The van der Waals surface area contributed by atoms with Gasteiger partial charge in [-0.25, -0.2) is 4.39 Å². The lowest BCUT2D eigenvalue weighted by atomic mass is 10.2. The fourth-order valence-corrected chi connectivity index (χ4v) is 2.08. The minimum absolute atomic E-state index is 0.219. The van der Waals surface area contributed by atoms with Gasteiger partial charge in [0.1, 0.15) is 5.82 Å². The van der Waals surface area contributed by atoms with Crippen LogP contribution in [0, 0.1) is 5.82 Å². The number of hydrogen-bond donors (Lipinski definition) is 1. The van der Waals surface area contributed by atoms with Crippen LogP contribution in [-0.4, -0.2) is 16.3 Å². The van der Waals surface area contributed by atoms with Crippen LogP contribution in [0.25, 0.3) is 0 Å². The van der Waals surface area contributed by atoms with Gasteiger partial charge in [0, 0.05) is 30.0 Å². The van der Waals surface area contributed by atoms with E-state index in [1.807, 2.05) is 23.0 Å². The Balaban J connectivity index is 1.78. The number of hydrogen-bond acceptors (Lipinski definition) is 2. The van der Waals surface area contributed by atoms with Gasteiger partial charge >= 0.3 is 0 Å². The standard InChI is InChI=1S/C12H13BrFN3/c13-11-6-10(7-12(14)8-11)9-15-3-5-17-4-1-2-16-17/h1-2,4,6-8,15H,3,5,9H2. The largest absolute Gasteiger partial charge is 0.311 e. The average Bonchev–Trinajstić information content (AvgIpc) is 2.76. The molecule has 2 aromatic rings. The summed E-state index contributed by atoms with van der Waals surface area (Å²) in [4.78, 5) is 0. The highest BCUT2D eigenvalue weighted by Gasteiger charge is 1.98. The molecule has 0 saturated heterocycles. The van der Waals surface area contributed by atoms with Crippen molar-refractivity contribution < 1.29 is 4.39 Å². The van der Waals surface area contributed by atoms with Crippen molar-refractivity contribution in [3.05, 3.63) is 52.5 Å². The summed E-state index contributed by atoms with van der Waals surface area (Å²) in [5, 5.41) is 7.34. The molecular weight excluding hydrogens is 285 g/mol. The molecule has 0 atom stereocenters. The van der Waals surface area contributed by atoms with Crippen LogP contribution in [0.4, 0.5) is 4.39 Å². The average molecular weight is 298 g/mol. The van der Waals surface area contributed by atoms with Gasteiger partial charge in [-0.3, -0.25) is 4.68 Å². The van der Waals surface area contributed by atoms with Gasteiger partial charge in [0.25, 0.3) is 0 Å². The third-order valence-corrected chi connectivity index (χ3v) is 2.79. The molecule has 0 bridgehead atoms.